The normalized spacial score (nSPS) is 18.0. The van der Waals surface area contributed by atoms with Crippen LogP contribution in [0.2, 0.25) is 0 Å². The molecule has 5 aromatic rings. The first-order valence-corrected chi connectivity index (χ1v) is 18.2. The molecule has 5 aromatic carbocycles. The molecule has 0 amide bonds. The zero-order valence-corrected chi connectivity index (χ0v) is 28.7. The zero-order chi connectivity index (χ0) is 35.0. The number of hydrogen-bond acceptors (Lipinski definition) is 7. The maximum atomic E-state index is 13.9. The molecule has 6 rings (SSSR count). The SMILES string of the molecule is CN(Cc1ccccc1)C[C@@H]1CN(S(=O)(=O)Cc2ccccc2)CC[C@@]1(OC(=O)c1ccccc1)c1cccc(OC(=O)c2ccccc2)c1. The van der Waals surface area contributed by atoms with E-state index in [1.807, 2.05) is 73.8 Å². The van der Waals surface area contributed by atoms with E-state index in [0.717, 1.165) is 5.56 Å². The summed E-state index contributed by atoms with van der Waals surface area (Å²) in [7, 11) is -1.75. The number of carbonyl (C=O) groups is 2. The minimum Gasteiger partial charge on any atom is -0.450 e. The number of hydrogen-bond donors (Lipinski definition) is 0. The first-order chi connectivity index (χ1) is 24.2. The lowest BCUT2D eigenvalue weighted by Gasteiger charge is -2.48. The van der Waals surface area contributed by atoms with Crippen molar-refractivity contribution in [1.29, 1.82) is 0 Å². The van der Waals surface area contributed by atoms with Gasteiger partial charge < -0.3 is 14.4 Å². The Bertz CT molecular complexity index is 1990. The molecular weight excluding hydrogens is 649 g/mol. The van der Waals surface area contributed by atoms with Crippen molar-refractivity contribution in [3.05, 3.63) is 173 Å². The molecule has 50 heavy (non-hydrogen) atoms. The molecule has 0 aromatic heterocycles. The van der Waals surface area contributed by atoms with E-state index in [4.69, 9.17) is 9.47 Å². The van der Waals surface area contributed by atoms with Crippen LogP contribution in [-0.4, -0.2) is 56.2 Å². The van der Waals surface area contributed by atoms with Crippen molar-refractivity contribution >= 4 is 22.0 Å². The van der Waals surface area contributed by atoms with E-state index in [2.05, 4.69) is 4.90 Å². The molecule has 2 atom stereocenters. The topological polar surface area (TPSA) is 93.2 Å². The minimum absolute atomic E-state index is 0.115. The van der Waals surface area contributed by atoms with E-state index >= 15 is 0 Å². The molecule has 8 nitrogen and oxygen atoms in total. The van der Waals surface area contributed by atoms with Crippen LogP contribution in [0.15, 0.2) is 146 Å². The number of carbonyl (C=O) groups excluding carboxylic acids is 2. The lowest BCUT2D eigenvalue weighted by molar-refractivity contribution is -0.0897. The highest BCUT2D eigenvalue weighted by Crippen LogP contribution is 2.44. The molecule has 0 bridgehead atoms. The second-order valence-electron chi connectivity index (χ2n) is 12.7. The Balaban J connectivity index is 1.39. The summed E-state index contributed by atoms with van der Waals surface area (Å²) in [4.78, 5) is 29.1. The maximum absolute atomic E-state index is 13.9. The summed E-state index contributed by atoms with van der Waals surface area (Å²) in [6.45, 7) is 1.25. The monoisotopic (exact) mass is 688 g/mol. The summed E-state index contributed by atoms with van der Waals surface area (Å²) in [6.07, 6.45) is 0.194. The summed E-state index contributed by atoms with van der Waals surface area (Å²) in [5, 5.41) is 0. The Morgan fingerprint density at radius 1 is 0.740 bits per heavy atom. The van der Waals surface area contributed by atoms with Crippen LogP contribution >= 0.6 is 0 Å². The highest BCUT2D eigenvalue weighted by atomic mass is 32.2. The minimum atomic E-state index is -3.73. The summed E-state index contributed by atoms with van der Waals surface area (Å²) in [5.41, 5.74) is 1.95. The first kappa shape index (κ1) is 34.8. The zero-order valence-electron chi connectivity index (χ0n) is 27.9. The van der Waals surface area contributed by atoms with Crippen molar-refractivity contribution in [3.63, 3.8) is 0 Å². The lowest BCUT2D eigenvalue weighted by atomic mass is 9.75. The number of rotatable bonds is 12. The molecule has 256 valence electrons. The van der Waals surface area contributed by atoms with E-state index in [1.54, 1.807) is 78.9 Å². The van der Waals surface area contributed by atoms with Crippen LogP contribution in [0, 0.1) is 5.92 Å². The van der Waals surface area contributed by atoms with Gasteiger partial charge in [0.2, 0.25) is 10.0 Å². The Morgan fingerprint density at radius 2 is 1.30 bits per heavy atom. The summed E-state index contributed by atoms with van der Waals surface area (Å²) < 4.78 is 41.8. The maximum Gasteiger partial charge on any atom is 0.343 e. The van der Waals surface area contributed by atoms with Crippen LogP contribution in [-0.2, 0) is 32.7 Å². The largest absolute Gasteiger partial charge is 0.450 e. The molecule has 1 aliphatic rings. The van der Waals surface area contributed by atoms with Crippen molar-refractivity contribution in [2.75, 3.05) is 26.7 Å². The van der Waals surface area contributed by atoms with Crippen molar-refractivity contribution in [2.45, 2.75) is 24.3 Å². The molecule has 1 heterocycles. The fourth-order valence-electron chi connectivity index (χ4n) is 6.58. The predicted octanol–water partition coefficient (Wildman–Crippen LogP) is 6.94. The van der Waals surface area contributed by atoms with Crippen LogP contribution < -0.4 is 4.74 Å². The number of ether oxygens (including phenoxy) is 2. The van der Waals surface area contributed by atoms with Crippen molar-refractivity contribution in [3.8, 4) is 5.75 Å². The number of piperidine rings is 1. The third kappa shape index (κ3) is 8.37. The molecule has 0 spiro atoms. The molecule has 0 saturated carbocycles. The van der Waals surface area contributed by atoms with Gasteiger partial charge in [0.1, 0.15) is 11.4 Å². The van der Waals surface area contributed by atoms with Crippen LogP contribution in [0.25, 0.3) is 0 Å². The van der Waals surface area contributed by atoms with Gasteiger partial charge in [-0.1, -0.05) is 109 Å². The molecule has 1 aliphatic heterocycles. The lowest BCUT2D eigenvalue weighted by Crippen LogP contribution is -2.56. The third-order valence-corrected chi connectivity index (χ3v) is 10.9. The average molecular weight is 689 g/mol. The molecule has 9 heteroatoms. The molecule has 0 N–H and O–H groups in total. The molecule has 0 unspecified atom stereocenters. The number of nitrogens with zero attached hydrogens (tertiary/aromatic N) is 2. The number of sulfonamides is 1. The first-order valence-electron chi connectivity index (χ1n) is 16.6. The van der Waals surface area contributed by atoms with E-state index < -0.39 is 33.5 Å². The fourth-order valence-corrected chi connectivity index (χ4v) is 8.16. The van der Waals surface area contributed by atoms with Gasteiger partial charge in [0.15, 0.2) is 0 Å². The highest BCUT2D eigenvalue weighted by Gasteiger charge is 2.50. The van der Waals surface area contributed by atoms with E-state index in [1.165, 1.54) is 4.31 Å². The molecule has 0 aliphatic carbocycles. The van der Waals surface area contributed by atoms with Gasteiger partial charge in [-0.05, 0) is 60.1 Å². The van der Waals surface area contributed by atoms with Crippen molar-refractivity contribution < 1.29 is 27.5 Å². The number of benzene rings is 5. The summed E-state index contributed by atoms with van der Waals surface area (Å²) >= 11 is 0. The van der Waals surface area contributed by atoms with E-state index in [-0.39, 0.29) is 25.3 Å². The Kier molecular flexibility index (Phi) is 10.9. The van der Waals surface area contributed by atoms with Crippen molar-refractivity contribution in [2.24, 2.45) is 5.92 Å². The van der Waals surface area contributed by atoms with Crippen LogP contribution in [0.3, 0.4) is 0 Å². The van der Waals surface area contributed by atoms with Crippen LogP contribution in [0.5, 0.6) is 5.75 Å². The van der Waals surface area contributed by atoms with E-state index in [9.17, 15) is 18.0 Å². The Hall–Kier alpha value is -5.09. The van der Waals surface area contributed by atoms with E-state index in [0.29, 0.717) is 41.1 Å². The van der Waals surface area contributed by atoms with Gasteiger partial charge in [-0.2, -0.15) is 0 Å². The van der Waals surface area contributed by atoms with Crippen molar-refractivity contribution in [1.82, 2.24) is 9.21 Å². The van der Waals surface area contributed by atoms with Gasteiger partial charge in [0.05, 0.1) is 16.9 Å². The predicted molar refractivity (Wildman–Crippen MR) is 193 cm³/mol. The smallest absolute Gasteiger partial charge is 0.343 e. The Morgan fingerprint density at radius 3 is 1.92 bits per heavy atom. The van der Waals surface area contributed by atoms with Gasteiger partial charge in [-0.25, -0.2) is 22.3 Å². The fraction of sp³-hybridized carbons (Fsp3) is 0.220. The molecule has 1 saturated heterocycles. The van der Waals surface area contributed by atoms with Gasteiger partial charge in [0.25, 0.3) is 0 Å². The second kappa shape index (κ2) is 15.6. The summed E-state index contributed by atoms with van der Waals surface area (Å²) in [5.74, 6) is -1.37. The van der Waals surface area contributed by atoms with Crippen LogP contribution in [0.1, 0.15) is 43.8 Å². The standard InChI is InChI=1S/C41H40N2O6S/c1-42(28-32-15-6-2-7-16-32)29-37-30-43(50(46,47)31-33-17-8-3-9-18-33)26-25-41(37,49-40(45)35-21-12-5-13-22-35)36-23-14-24-38(27-36)48-39(44)34-19-10-4-11-20-34/h2-24,27,37H,25-26,28-31H2,1H3/t37-,41-/m1/s1. The Labute approximate surface area is 293 Å². The summed E-state index contributed by atoms with van der Waals surface area (Å²) in [6, 6.07) is 43.7. The second-order valence-corrected chi connectivity index (χ2v) is 14.6. The van der Waals surface area contributed by atoms with Gasteiger partial charge in [-0.15, -0.1) is 0 Å². The molecule has 1 fully saturated rings. The van der Waals surface area contributed by atoms with Crippen LogP contribution in [0.4, 0.5) is 0 Å². The van der Waals surface area contributed by atoms with Gasteiger partial charge in [-0.3, -0.25) is 0 Å². The van der Waals surface area contributed by atoms with Gasteiger partial charge in [0, 0.05) is 38.5 Å². The third-order valence-electron chi connectivity index (χ3n) is 9.06. The molecule has 0 radical (unpaired) electrons. The number of esters is 2. The molecular formula is C41H40N2O6S. The quantitative estimate of drug-likeness (QED) is 0.104. The van der Waals surface area contributed by atoms with Gasteiger partial charge >= 0.3 is 11.9 Å². The average Bonchev–Trinajstić information content (AvgIpc) is 3.13. The highest BCUT2D eigenvalue weighted by molar-refractivity contribution is 7.88.